The highest BCUT2D eigenvalue weighted by molar-refractivity contribution is 9.10. The summed E-state index contributed by atoms with van der Waals surface area (Å²) in [5, 5.41) is 3.07. The molecular formula is C29H33BrN2O2. The number of aryl methyl sites for hydroxylation is 1. The largest absolute Gasteiger partial charge is 0.354 e. The molecule has 1 atom stereocenters. The van der Waals surface area contributed by atoms with Gasteiger partial charge in [-0.25, -0.2) is 0 Å². The molecule has 1 N–H and O–H groups in total. The first-order valence-electron chi connectivity index (χ1n) is 11.8. The van der Waals surface area contributed by atoms with Crippen LogP contribution in [0.25, 0.3) is 0 Å². The summed E-state index contributed by atoms with van der Waals surface area (Å²) in [6, 6.07) is 27.2. The van der Waals surface area contributed by atoms with Gasteiger partial charge >= 0.3 is 0 Å². The van der Waals surface area contributed by atoms with Crippen LogP contribution in [0.5, 0.6) is 0 Å². The Bertz CT molecular complexity index is 1040. The van der Waals surface area contributed by atoms with Crippen LogP contribution in [0, 0.1) is 5.92 Å². The Morgan fingerprint density at radius 3 is 2.00 bits per heavy atom. The molecule has 178 valence electrons. The maximum Gasteiger partial charge on any atom is 0.243 e. The number of carbonyl (C=O) groups is 2. The van der Waals surface area contributed by atoms with Gasteiger partial charge in [0.2, 0.25) is 11.8 Å². The molecule has 0 aromatic heterocycles. The Morgan fingerprint density at radius 1 is 0.824 bits per heavy atom. The molecule has 0 bridgehead atoms. The fourth-order valence-corrected chi connectivity index (χ4v) is 4.07. The molecule has 0 aliphatic rings. The van der Waals surface area contributed by atoms with Gasteiger partial charge in [-0.15, -0.1) is 0 Å². The SMILES string of the molecule is CC(C)CNC(=O)[C@H](Cc1ccccc1)N(Cc1ccc(Br)cc1)C(=O)CCc1ccccc1. The van der Waals surface area contributed by atoms with Gasteiger partial charge in [-0.1, -0.05) is 103 Å². The summed E-state index contributed by atoms with van der Waals surface area (Å²) in [7, 11) is 0. The van der Waals surface area contributed by atoms with E-state index in [0.29, 0.717) is 38.3 Å². The van der Waals surface area contributed by atoms with E-state index in [1.165, 1.54) is 0 Å². The topological polar surface area (TPSA) is 49.4 Å². The molecule has 0 radical (unpaired) electrons. The summed E-state index contributed by atoms with van der Waals surface area (Å²) in [4.78, 5) is 28.8. The molecule has 0 heterocycles. The molecule has 4 nitrogen and oxygen atoms in total. The maximum absolute atomic E-state index is 13.6. The van der Waals surface area contributed by atoms with E-state index in [9.17, 15) is 9.59 Å². The maximum atomic E-state index is 13.6. The smallest absolute Gasteiger partial charge is 0.243 e. The minimum Gasteiger partial charge on any atom is -0.354 e. The second kappa shape index (κ2) is 13.1. The summed E-state index contributed by atoms with van der Waals surface area (Å²) in [6.45, 7) is 5.09. The third-order valence-electron chi connectivity index (χ3n) is 5.69. The van der Waals surface area contributed by atoms with E-state index in [4.69, 9.17) is 0 Å². The minimum atomic E-state index is -0.590. The van der Waals surface area contributed by atoms with Gasteiger partial charge in [0.05, 0.1) is 0 Å². The molecule has 3 aromatic carbocycles. The van der Waals surface area contributed by atoms with Crippen molar-refractivity contribution in [1.82, 2.24) is 10.2 Å². The van der Waals surface area contributed by atoms with Crippen molar-refractivity contribution in [3.8, 4) is 0 Å². The van der Waals surface area contributed by atoms with E-state index in [2.05, 4.69) is 35.1 Å². The van der Waals surface area contributed by atoms with Crippen LogP contribution in [0.2, 0.25) is 0 Å². The molecule has 0 aliphatic carbocycles. The first-order chi connectivity index (χ1) is 16.4. The van der Waals surface area contributed by atoms with Crippen molar-refractivity contribution in [1.29, 1.82) is 0 Å². The lowest BCUT2D eigenvalue weighted by molar-refractivity contribution is -0.141. The number of benzene rings is 3. The van der Waals surface area contributed by atoms with Crippen LogP contribution in [0.3, 0.4) is 0 Å². The van der Waals surface area contributed by atoms with Gasteiger partial charge in [0.25, 0.3) is 0 Å². The summed E-state index contributed by atoms with van der Waals surface area (Å²) in [6.07, 6.45) is 1.46. The second-order valence-corrected chi connectivity index (χ2v) is 9.89. The summed E-state index contributed by atoms with van der Waals surface area (Å²) in [5.74, 6) is 0.199. The van der Waals surface area contributed by atoms with Crippen molar-refractivity contribution >= 4 is 27.7 Å². The normalized spacial score (nSPS) is 11.8. The van der Waals surface area contributed by atoms with Gasteiger partial charge in [-0.2, -0.15) is 0 Å². The first kappa shape index (κ1) is 25.7. The van der Waals surface area contributed by atoms with Crippen molar-refractivity contribution in [2.45, 2.75) is 45.7 Å². The molecule has 0 saturated carbocycles. The van der Waals surface area contributed by atoms with Gasteiger partial charge in [0.1, 0.15) is 6.04 Å². The van der Waals surface area contributed by atoms with Crippen molar-refractivity contribution in [3.63, 3.8) is 0 Å². The summed E-state index contributed by atoms with van der Waals surface area (Å²) < 4.78 is 0.980. The molecule has 5 heteroatoms. The minimum absolute atomic E-state index is 0.0209. The van der Waals surface area contributed by atoms with Crippen LogP contribution < -0.4 is 5.32 Å². The van der Waals surface area contributed by atoms with Gasteiger partial charge in [0.15, 0.2) is 0 Å². The lowest BCUT2D eigenvalue weighted by Gasteiger charge is -2.32. The monoisotopic (exact) mass is 520 g/mol. The van der Waals surface area contributed by atoms with Crippen LogP contribution in [0.4, 0.5) is 0 Å². The van der Waals surface area contributed by atoms with Crippen LogP contribution in [0.1, 0.15) is 37.0 Å². The Kier molecular flexibility index (Phi) is 9.89. The lowest BCUT2D eigenvalue weighted by atomic mass is 10.0. The van der Waals surface area contributed by atoms with Gasteiger partial charge < -0.3 is 10.2 Å². The molecule has 0 fully saturated rings. The molecule has 0 unspecified atom stereocenters. The van der Waals surface area contributed by atoms with Crippen molar-refractivity contribution in [3.05, 3.63) is 106 Å². The van der Waals surface area contributed by atoms with E-state index >= 15 is 0 Å². The fourth-order valence-electron chi connectivity index (χ4n) is 3.80. The van der Waals surface area contributed by atoms with Crippen molar-refractivity contribution in [2.24, 2.45) is 5.92 Å². The van der Waals surface area contributed by atoms with Gasteiger partial charge in [-0.05, 0) is 41.2 Å². The Morgan fingerprint density at radius 2 is 1.41 bits per heavy atom. The number of halogens is 1. The van der Waals surface area contributed by atoms with Crippen LogP contribution >= 0.6 is 15.9 Å². The molecular weight excluding hydrogens is 488 g/mol. The average molecular weight is 521 g/mol. The zero-order chi connectivity index (χ0) is 24.3. The van der Waals surface area contributed by atoms with Crippen LogP contribution in [-0.4, -0.2) is 29.3 Å². The molecule has 3 rings (SSSR count). The highest BCUT2D eigenvalue weighted by Crippen LogP contribution is 2.18. The Hall–Kier alpha value is -2.92. The number of nitrogens with one attached hydrogen (secondary N) is 1. The third kappa shape index (κ3) is 8.14. The van der Waals surface area contributed by atoms with Crippen LogP contribution in [0.15, 0.2) is 89.4 Å². The fraction of sp³-hybridized carbons (Fsp3) is 0.310. The molecule has 34 heavy (non-hydrogen) atoms. The molecule has 0 saturated heterocycles. The quantitative estimate of drug-likeness (QED) is 0.347. The third-order valence-corrected chi connectivity index (χ3v) is 6.22. The molecule has 0 aliphatic heterocycles. The second-order valence-electron chi connectivity index (χ2n) is 8.98. The molecule has 3 aromatic rings. The van der Waals surface area contributed by atoms with E-state index in [1.54, 1.807) is 4.90 Å². The lowest BCUT2D eigenvalue weighted by Crippen LogP contribution is -2.51. The number of amides is 2. The zero-order valence-corrected chi connectivity index (χ0v) is 21.5. The number of hydrogen-bond acceptors (Lipinski definition) is 2. The van der Waals surface area contributed by atoms with Crippen molar-refractivity contribution < 1.29 is 9.59 Å². The van der Waals surface area contributed by atoms with Crippen LogP contribution in [-0.2, 0) is 29.0 Å². The summed E-state index contributed by atoms with van der Waals surface area (Å²) >= 11 is 3.48. The predicted octanol–water partition coefficient (Wildman–Crippen LogP) is 5.79. The Labute approximate surface area is 211 Å². The Balaban J connectivity index is 1.88. The number of hydrogen-bond donors (Lipinski definition) is 1. The molecule has 2 amide bonds. The standard InChI is InChI=1S/C29H33BrN2O2/c1-22(2)20-31-29(34)27(19-24-11-7-4-8-12-24)32(21-25-13-16-26(30)17-14-25)28(33)18-15-23-9-5-3-6-10-23/h3-14,16-17,22,27H,15,18-21H2,1-2H3,(H,31,34)/t27-/m0/s1. The zero-order valence-electron chi connectivity index (χ0n) is 19.9. The number of carbonyl (C=O) groups excluding carboxylic acids is 2. The summed E-state index contributed by atoms with van der Waals surface area (Å²) in [5.41, 5.74) is 3.14. The predicted molar refractivity (Wildman–Crippen MR) is 141 cm³/mol. The number of nitrogens with zero attached hydrogens (tertiary/aromatic N) is 1. The highest BCUT2D eigenvalue weighted by atomic mass is 79.9. The van der Waals surface area contributed by atoms with Crippen molar-refractivity contribution in [2.75, 3.05) is 6.54 Å². The number of rotatable bonds is 11. The first-order valence-corrected chi connectivity index (χ1v) is 12.6. The van der Waals surface area contributed by atoms with E-state index in [1.807, 2.05) is 84.9 Å². The highest BCUT2D eigenvalue weighted by Gasteiger charge is 2.30. The van der Waals surface area contributed by atoms with Gasteiger partial charge in [-0.3, -0.25) is 9.59 Å². The van der Waals surface area contributed by atoms with E-state index in [-0.39, 0.29) is 11.8 Å². The average Bonchev–Trinajstić information content (AvgIpc) is 2.85. The molecule has 0 spiro atoms. The van der Waals surface area contributed by atoms with E-state index in [0.717, 1.165) is 21.2 Å². The van der Waals surface area contributed by atoms with Gasteiger partial charge in [0, 0.05) is 30.4 Å². The van der Waals surface area contributed by atoms with E-state index < -0.39 is 6.04 Å².